The van der Waals surface area contributed by atoms with Crippen LogP contribution in [-0.4, -0.2) is 23.8 Å². The molecule has 5 nitrogen and oxygen atoms in total. The van der Waals surface area contributed by atoms with Crippen molar-refractivity contribution in [3.05, 3.63) is 64.7 Å². The lowest BCUT2D eigenvalue weighted by Gasteiger charge is -2.18. The van der Waals surface area contributed by atoms with Crippen LogP contribution >= 0.6 is 11.3 Å². The fourth-order valence-corrected chi connectivity index (χ4v) is 3.97. The standard InChI is InChI=1S/C21H21F2N3O2S/c1-24-21(28)20(13-10-11-14(22)15(23)12-13)26-18(27)8-4-5-9-19-25-16-6-2-3-7-17(16)29-19/h2-3,6-7,10-12,20H,4-5,8-9H2,1H3,(H,24,28)(H,26,27). The van der Waals surface area contributed by atoms with Gasteiger partial charge in [-0.2, -0.15) is 0 Å². The zero-order chi connectivity index (χ0) is 20.8. The quantitative estimate of drug-likeness (QED) is 0.546. The molecule has 1 atom stereocenters. The Kier molecular flexibility index (Phi) is 6.87. The topological polar surface area (TPSA) is 71.1 Å². The molecule has 0 aliphatic rings. The second kappa shape index (κ2) is 9.56. The van der Waals surface area contributed by atoms with Crippen LogP contribution in [0.3, 0.4) is 0 Å². The summed E-state index contributed by atoms with van der Waals surface area (Å²) in [6.45, 7) is 0. The first kappa shape index (κ1) is 20.9. The molecule has 0 aliphatic heterocycles. The van der Waals surface area contributed by atoms with E-state index in [0.717, 1.165) is 40.2 Å². The molecule has 0 fully saturated rings. The second-order valence-corrected chi connectivity index (χ2v) is 7.69. The van der Waals surface area contributed by atoms with E-state index in [1.807, 2.05) is 24.3 Å². The molecule has 3 rings (SSSR count). The number of nitrogens with zero attached hydrogens (tertiary/aromatic N) is 1. The molecule has 0 radical (unpaired) electrons. The fourth-order valence-electron chi connectivity index (χ4n) is 2.96. The Morgan fingerprint density at radius 3 is 2.62 bits per heavy atom. The van der Waals surface area contributed by atoms with Crippen LogP contribution in [-0.2, 0) is 16.0 Å². The lowest BCUT2D eigenvalue weighted by Crippen LogP contribution is -2.39. The Labute approximate surface area is 171 Å². The van der Waals surface area contributed by atoms with Gasteiger partial charge in [-0.15, -0.1) is 11.3 Å². The smallest absolute Gasteiger partial charge is 0.246 e. The van der Waals surface area contributed by atoms with Gasteiger partial charge < -0.3 is 10.6 Å². The zero-order valence-corrected chi connectivity index (χ0v) is 16.7. The number of halogens is 2. The summed E-state index contributed by atoms with van der Waals surface area (Å²) in [5.41, 5.74) is 1.16. The molecule has 0 bridgehead atoms. The first-order valence-electron chi connectivity index (χ1n) is 9.28. The van der Waals surface area contributed by atoms with E-state index in [0.29, 0.717) is 6.42 Å². The van der Waals surface area contributed by atoms with Gasteiger partial charge in [0.15, 0.2) is 11.6 Å². The van der Waals surface area contributed by atoms with E-state index in [9.17, 15) is 18.4 Å². The maximum absolute atomic E-state index is 13.5. The van der Waals surface area contributed by atoms with Gasteiger partial charge in [0.1, 0.15) is 6.04 Å². The number of carbonyl (C=O) groups excluding carboxylic acids is 2. The highest BCUT2D eigenvalue weighted by atomic mass is 32.1. The molecule has 152 valence electrons. The van der Waals surface area contributed by atoms with Crippen LogP contribution < -0.4 is 10.6 Å². The minimum Gasteiger partial charge on any atom is -0.357 e. The van der Waals surface area contributed by atoms with Crippen LogP contribution in [0.1, 0.15) is 35.9 Å². The van der Waals surface area contributed by atoms with Gasteiger partial charge in [0, 0.05) is 13.5 Å². The number of para-hydroxylation sites is 1. The molecular weight excluding hydrogens is 396 g/mol. The Hall–Kier alpha value is -2.87. The van der Waals surface area contributed by atoms with Gasteiger partial charge in [0.2, 0.25) is 11.8 Å². The highest BCUT2D eigenvalue weighted by Gasteiger charge is 2.22. The third-order valence-corrected chi connectivity index (χ3v) is 5.57. The average molecular weight is 417 g/mol. The number of likely N-dealkylation sites (N-methyl/N-ethyl adjacent to an activating group) is 1. The largest absolute Gasteiger partial charge is 0.357 e. The number of aromatic nitrogens is 1. The van der Waals surface area contributed by atoms with Crippen LogP contribution in [0.15, 0.2) is 42.5 Å². The molecule has 2 N–H and O–H groups in total. The van der Waals surface area contributed by atoms with Gasteiger partial charge in [0.25, 0.3) is 0 Å². The summed E-state index contributed by atoms with van der Waals surface area (Å²) in [6, 6.07) is 9.99. The number of hydrogen-bond acceptors (Lipinski definition) is 4. The van der Waals surface area contributed by atoms with Crippen molar-refractivity contribution in [3.8, 4) is 0 Å². The van der Waals surface area contributed by atoms with Crippen molar-refractivity contribution in [2.75, 3.05) is 7.05 Å². The highest BCUT2D eigenvalue weighted by Crippen LogP contribution is 2.23. The number of unbranched alkanes of at least 4 members (excludes halogenated alkanes) is 1. The summed E-state index contributed by atoms with van der Waals surface area (Å²) in [6.07, 6.45) is 2.40. The Bertz CT molecular complexity index is 989. The van der Waals surface area contributed by atoms with Crippen molar-refractivity contribution in [1.29, 1.82) is 0 Å². The first-order chi connectivity index (χ1) is 14.0. The molecule has 2 aromatic carbocycles. The molecule has 0 aliphatic carbocycles. The van der Waals surface area contributed by atoms with Gasteiger partial charge in [-0.3, -0.25) is 9.59 Å². The number of amides is 2. The van der Waals surface area contributed by atoms with Crippen molar-refractivity contribution in [2.45, 2.75) is 31.7 Å². The summed E-state index contributed by atoms with van der Waals surface area (Å²) in [7, 11) is 1.42. The van der Waals surface area contributed by atoms with Gasteiger partial charge in [0.05, 0.1) is 15.2 Å². The average Bonchev–Trinajstić information content (AvgIpc) is 3.14. The number of carbonyl (C=O) groups is 2. The summed E-state index contributed by atoms with van der Waals surface area (Å²) in [5, 5.41) is 6.05. The van der Waals surface area contributed by atoms with Crippen molar-refractivity contribution in [1.82, 2.24) is 15.6 Å². The molecule has 0 saturated carbocycles. The predicted molar refractivity (Wildman–Crippen MR) is 108 cm³/mol. The predicted octanol–water partition coefficient (Wildman–Crippen LogP) is 3.89. The lowest BCUT2D eigenvalue weighted by molar-refractivity contribution is -0.129. The number of rotatable bonds is 8. The lowest BCUT2D eigenvalue weighted by atomic mass is 10.0. The number of thiazole rings is 1. The maximum Gasteiger partial charge on any atom is 0.246 e. The Balaban J connectivity index is 1.53. The normalized spacial score (nSPS) is 12.0. The van der Waals surface area contributed by atoms with Gasteiger partial charge in [-0.05, 0) is 49.1 Å². The number of fused-ring (bicyclic) bond motifs is 1. The van der Waals surface area contributed by atoms with Crippen LogP contribution in [0.5, 0.6) is 0 Å². The fraction of sp³-hybridized carbons (Fsp3) is 0.286. The number of aryl methyl sites for hydroxylation is 1. The van der Waals surface area contributed by atoms with E-state index in [4.69, 9.17) is 0 Å². The van der Waals surface area contributed by atoms with Gasteiger partial charge in [-0.1, -0.05) is 18.2 Å². The third kappa shape index (κ3) is 5.35. The van der Waals surface area contributed by atoms with Crippen molar-refractivity contribution >= 4 is 33.4 Å². The molecule has 0 saturated heterocycles. The van der Waals surface area contributed by atoms with Crippen molar-refractivity contribution in [2.24, 2.45) is 0 Å². The molecular formula is C21H21F2N3O2S. The van der Waals surface area contributed by atoms with Crippen LogP contribution in [0, 0.1) is 11.6 Å². The van der Waals surface area contributed by atoms with E-state index >= 15 is 0 Å². The van der Waals surface area contributed by atoms with E-state index in [2.05, 4.69) is 15.6 Å². The minimum absolute atomic E-state index is 0.186. The second-order valence-electron chi connectivity index (χ2n) is 6.57. The Morgan fingerprint density at radius 2 is 1.90 bits per heavy atom. The van der Waals surface area contributed by atoms with E-state index < -0.39 is 23.6 Å². The molecule has 3 aromatic rings. The van der Waals surface area contributed by atoms with E-state index in [1.165, 1.54) is 13.1 Å². The summed E-state index contributed by atoms with van der Waals surface area (Å²) in [5.74, 6) is -2.90. The Morgan fingerprint density at radius 1 is 1.10 bits per heavy atom. The first-order valence-corrected chi connectivity index (χ1v) is 10.1. The number of nitrogens with one attached hydrogen (secondary N) is 2. The molecule has 2 amide bonds. The molecule has 1 unspecified atom stereocenters. The van der Waals surface area contributed by atoms with Gasteiger partial charge >= 0.3 is 0 Å². The SMILES string of the molecule is CNC(=O)C(NC(=O)CCCCc1nc2ccccc2s1)c1ccc(F)c(F)c1. The van der Waals surface area contributed by atoms with E-state index in [1.54, 1.807) is 11.3 Å². The van der Waals surface area contributed by atoms with Gasteiger partial charge in [-0.25, -0.2) is 13.8 Å². The van der Waals surface area contributed by atoms with Crippen LogP contribution in [0.2, 0.25) is 0 Å². The van der Waals surface area contributed by atoms with Crippen LogP contribution in [0.25, 0.3) is 10.2 Å². The minimum atomic E-state index is -1.08. The third-order valence-electron chi connectivity index (χ3n) is 4.47. The number of benzene rings is 2. The van der Waals surface area contributed by atoms with Crippen molar-refractivity contribution < 1.29 is 18.4 Å². The van der Waals surface area contributed by atoms with Crippen molar-refractivity contribution in [3.63, 3.8) is 0 Å². The monoisotopic (exact) mass is 417 g/mol. The molecule has 1 heterocycles. The molecule has 8 heteroatoms. The molecule has 0 spiro atoms. The summed E-state index contributed by atoms with van der Waals surface area (Å²) < 4.78 is 27.8. The van der Waals surface area contributed by atoms with Crippen LogP contribution in [0.4, 0.5) is 8.78 Å². The maximum atomic E-state index is 13.5. The summed E-state index contributed by atoms with van der Waals surface area (Å²) in [4.78, 5) is 28.9. The molecule has 29 heavy (non-hydrogen) atoms. The molecule has 1 aromatic heterocycles. The zero-order valence-electron chi connectivity index (χ0n) is 15.9. The highest BCUT2D eigenvalue weighted by molar-refractivity contribution is 7.18. The number of hydrogen-bond donors (Lipinski definition) is 2. The summed E-state index contributed by atoms with van der Waals surface area (Å²) >= 11 is 1.64. The van der Waals surface area contributed by atoms with E-state index in [-0.39, 0.29) is 17.9 Å².